The van der Waals surface area contributed by atoms with Gasteiger partial charge < -0.3 is 9.94 Å². The highest BCUT2D eigenvalue weighted by atomic mass is 35.5. The van der Waals surface area contributed by atoms with Crippen LogP contribution in [0.1, 0.15) is 17.0 Å². The molecule has 0 saturated carbocycles. The molecular formula is C15H14ClNO2. The average molecular weight is 276 g/mol. The second-order valence-electron chi connectivity index (χ2n) is 4.04. The van der Waals surface area contributed by atoms with Crippen molar-refractivity contribution in [1.82, 2.24) is 0 Å². The maximum absolute atomic E-state index is 8.98. The summed E-state index contributed by atoms with van der Waals surface area (Å²) in [5.41, 5.74) is 1.87. The summed E-state index contributed by atoms with van der Waals surface area (Å²) in [6, 6.07) is 17.2. The molecule has 98 valence electrons. The van der Waals surface area contributed by atoms with Gasteiger partial charge in [0, 0.05) is 0 Å². The molecule has 0 heterocycles. The molecule has 0 radical (unpaired) electrons. The fourth-order valence-electron chi connectivity index (χ4n) is 1.99. The molecule has 0 aliphatic heterocycles. The van der Waals surface area contributed by atoms with Crippen LogP contribution in [0.4, 0.5) is 0 Å². The van der Waals surface area contributed by atoms with Crippen molar-refractivity contribution < 1.29 is 9.94 Å². The summed E-state index contributed by atoms with van der Waals surface area (Å²) in [5, 5.41) is 12.2. The van der Waals surface area contributed by atoms with Gasteiger partial charge in [-0.15, -0.1) is 0 Å². The number of ether oxygens (including phenoxy) is 1. The molecule has 0 bridgehead atoms. The molecule has 4 heteroatoms. The summed E-state index contributed by atoms with van der Waals surface area (Å²) in [4.78, 5) is 0. The Morgan fingerprint density at radius 2 is 1.79 bits per heavy atom. The number of hydrogen-bond donors (Lipinski definition) is 1. The van der Waals surface area contributed by atoms with E-state index in [4.69, 9.17) is 21.5 Å². The number of methoxy groups -OCH3 is 1. The Balaban J connectivity index is 2.49. The van der Waals surface area contributed by atoms with Gasteiger partial charge >= 0.3 is 0 Å². The zero-order valence-corrected chi connectivity index (χ0v) is 11.2. The van der Waals surface area contributed by atoms with E-state index in [1.807, 2.05) is 54.6 Å². The smallest absolute Gasteiger partial charge is 0.157 e. The standard InChI is InChI=1S/C15H14ClNO2/c1-19-13-9-5-8-12(10-13)14(15(16)17-18)11-6-3-2-4-7-11/h2-10,14,18H,1H3. The minimum Gasteiger partial charge on any atom is -0.497 e. The van der Waals surface area contributed by atoms with Crippen LogP contribution in [-0.4, -0.2) is 17.5 Å². The van der Waals surface area contributed by atoms with Crippen molar-refractivity contribution in [3.05, 3.63) is 65.7 Å². The van der Waals surface area contributed by atoms with Crippen LogP contribution >= 0.6 is 11.6 Å². The summed E-state index contributed by atoms with van der Waals surface area (Å²) in [6.45, 7) is 0. The van der Waals surface area contributed by atoms with Crippen molar-refractivity contribution in [3.63, 3.8) is 0 Å². The van der Waals surface area contributed by atoms with Gasteiger partial charge in [-0.3, -0.25) is 0 Å². The van der Waals surface area contributed by atoms with Gasteiger partial charge in [-0.1, -0.05) is 59.2 Å². The van der Waals surface area contributed by atoms with E-state index < -0.39 is 0 Å². The van der Waals surface area contributed by atoms with Crippen LogP contribution < -0.4 is 4.74 Å². The lowest BCUT2D eigenvalue weighted by Crippen LogP contribution is -2.09. The van der Waals surface area contributed by atoms with Gasteiger partial charge in [-0.05, 0) is 23.3 Å². The topological polar surface area (TPSA) is 41.8 Å². The lowest BCUT2D eigenvalue weighted by atomic mass is 9.92. The van der Waals surface area contributed by atoms with Crippen molar-refractivity contribution >= 4 is 16.8 Å². The first kappa shape index (κ1) is 13.4. The summed E-state index contributed by atoms with van der Waals surface area (Å²) in [5.74, 6) is 0.434. The fourth-order valence-corrected chi connectivity index (χ4v) is 2.24. The first-order valence-electron chi connectivity index (χ1n) is 5.82. The summed E-state index contributed by atoms with van der Waals surface area (Å²) < 4.78 is 5.21. The van der Waals surface area contributed by atoms with E-state index in [1.54, 1.807) is 7.11 Å². The number of hydrogen-bond acceptors (Lipinski definition) is 3. The minimum absolute atomic E-state index is 0.124. The van der Waals surface area contributed by atoms with E-state index in [0.717, 1.165) is 16.9 Å². The van der Waals surface area contributed by atoms with Crippen LogP contribution in [-0.2, 0) is 0 Å². The van der Waals surface area contributed by atoms with Crippen molar-refractivity contribution in [2.75, 3.05) is 7.11 Å². The molecule has 0 aliphatic carbocycles. The lowest BCUT2D eigenvalue weighted by molar-refractivity contribution is 0.319. The molecule has 19 heavy (non-hydrogen) atoms. The van der Waals surface area contributed by atoms with E-state index in [9.17, 15) is 0 Å². The van der Waals surface area contributed by atoms with E-state index in [-0.39, 0.29) is 11.1 Å². The molecule has 1 atom stereocenters. The Morgan fingerprint density at radius 1 is 1.11 bits per heavy atom. The third-order valence-electron chi connectivity index (χ3n) is 2.89. The van der Waals surface area contributed by atoms with Crippen LogP contribution in [0, 0.1) is 0 Å². The van der Waals surface area contributed by atoms with Gasteiger partial charge in [0.25, 0.3) is 0 Å². The number of rotatable bonds is 4. The molecule has 2 rings (SSSR count). The highest BCUT2D eigenvalue weighted by Crippen LogP contribution is 2.29. The SMILES string of the molecule is COc1cccc(C(C(Cl)=NO)c2ccccc2)c1. The Bertz CT molecular complexity index is 569. The first-order chi connectivity index (χ1) is 9.26. The number of oxime groups is 1. The van der Waals surface area contributed by atoms with Gasteiger partial charge in [-0.2, -0.15) is 0 Å². The van der Waals surface area contributed by atoms with E-state index in [2.05, 4.69) is 5.16 Å². The molecular weight excluding hydrogens is 262 g/mol. The number of benzene rings is 2. The van der Waals surface area contributed by atoms with Gasteiger partial charge in [0.1, 0.15) is 5.75 Å². The van der Waals surface area contributed by atoms with Crippen LogP contribution in [0.25, 0.3) is 0 Å². The van der Waals surface area contributed by atoms with Gasteiger partial charge in [0.05, 0.1) is 13.0 Å². The van der Waals surface area contributed by atoms with Crippen molar-refractivity contribution in [1.29, 1.82) is 0 Å². The second kappa shape index (κ2) is 6.25. The van der Waals surface area contributed by atoms with E-state index in [0.29, 0.717) is 0 Å². The first-order valence-corrected chi connectivity index (χ1v) is 6.20. The molecule has 2 aromatic rings. The summed E-state index contributed by atoms with van der Waals surface area (Å²) in [7, 11) is 1.61. The van der Waals surface area contributed by atoms with Crippen LogP contribution in [0.2, 0.25) is 0 Å². The third-order valence-corrected chi connectivity index (χ3v) is 3.19. The van der Waals surface area contributed by atoms with Crippen molar-refractivity contribution in [2.24, 2.45) is 5.16 Å². The van der Waals surface area contributed by atoms with Gasteiger partial charge in [0.2, 0.25) is 0 Å². The zero-order chi connectivity index (χ0) is 13.7. The molecule has 0 aromatic heterocycles. The molecule has 1 N–H and O–H groups in total. The fraction of sp³-hybridized carbons (Fsp3) is 0.133. The zero-order valence-electron chi connectivity index (χ0n) is 10.5. The molecule has 1 unspecified atom stereocenters. The normalized spacial score (nSPS) is 13.1. The molecule has 0 amide bonds. The quantitative estimate of drug-likeness (QED) is 0.523. The number of halogens is 1. The van der Waals surface area contributed by atoms with E-state index in [1.165, 1.54) is 0 Å². The summed E-state index contributed by atoms with van der Waals surface area (Å²) >= 11 is 6.06. The predicted molar refractivity (Wildman–Crippen MR) is 76.4 cm³/mol. The largest absolute Gasteiger partial charge is 0.497 e. The maximum Gasteiger partial charge on any atom is 0.157 e. The molecule has 2 aromatic carbocycles. The van der Waals surface area contributed by atoms with Crippen LogP contribution in [0.5, 0.6) is 5.75 Å². The average Bonchev–Trinajstić information content (AvgIpc) is 2.48. The Morgan fingerprint density at radius 3 is 2.42 bits per heavy atom. The highest BCUT2D eigenvalue weighted by Gasteiger charge is 2.20. The lowest BCUT2D eigenvalue weighted by Gasteiger charge is -2.16. The van der Waals surface area contributed by atoms with Gasteiger partial charge in [0.15, 0.2) is 5.17 Å². The van der Waals surface area contributed by atoms with E-state index >= 15 is 0 Å². The molecule has 0 spiro atoms. The minimum atomic E-state index is -0.303. The Kier molecular flexibility index (Phi) is 4.42. The molecule has 0 aliphatic rings. The Hall–Kier alpha value is -2.00. The summed E-state index contributed by atoms with van der Waals surface area (Å²) in [6.07, 6.45) is 0. The Labute approximate surface area is 117 Å². The van der Waals surface area contributed by atoms with Gasteiger partial charge in [-0.25, -0.2) is 0 Å². The molecule has 0 saturated heterocycles. The van der Waals surface area contributed by atoms with Crippen LogP contribution in [0.15, 0.2) is 59.8 Å². The van der Waals surface area contributed by atoms with Crippen LogP contribution in [0.3, 0.4) is 0 Å². The highest BCUT2D eigenvalue weighted by molar-refractivity contribution is 6.66. The van der Waals surface area contributed by atoms with Crippen molar-refractivity contribution in [2.45, 2.75) is 5.92 Å². The third kappa shape index (κ3) is 3.06. The second-order valence-corrected chi connectivity index (χ2v) is 4.43. The predicted octanol–water partition coefficient (Wildman–Crippen LogP) is 3.85. The molecule has 3 nitrogen and oxygen atoms in total. The monoisotopic (exact) mass is 275 g/mol. The van der Waals surface area contributed by atoms with Crippen molar-refractivity contribution in [3.8, 4) is 5.75 Å². The maximum atomic E-state index is 8.98. The molecule has 0 fully saturated rings. The number of nitrogens with zero attached hydrogens (tertiary/aromatic N) is 1.